The van der Waals surface area contributed by atoms with Crippen molar-refractivity contribution in [2.75, 3.05) is 7.11 Å². The number of methoxy groups -OCH3 is 1. The van der Waals surface area contributed by atoms with Crippen LogP contribution in [0.4, 0.5) is 0 Å². The molecule has 4 heteroatoms. The number of aliphatic carboxylic acids is 1. The molecular formula is C14H20O4. The summed E-state index contributed by atoms with van der Waals surface area (Å²) in [6.45, 7) is 0. The maximum absolute atomic E-state index is 10.3. The highest BCUT2D eigenvalue weighted by Crippen LogP contribution is 2.14. The Morgan fingerprint density at radius 1 is 1.28 bits per heavy atom. The maximum Gasteiger partial charge on any atom is 0.303 e. The fourth-order valence-electron chi connectivity index (χ4n) is 1.77. The molecule has 18 heavy (non-hydrogen) atoms. The Hall–Kier alpha value is -1.55. The number of carboxylic acids is 1. The molecule has 1 atom stereocenters. The van der Waals surface area contributed by atoms with Gasteiger partial charge < -0.3 is 14.9 Å². The predicted molar refractivity (Wildman–Crippen MR) is 68.8 cm³/mol. The Balaban J connectivity index is 2.22. The van der Waals surface area contributed by atoms with Gasteiger partial charge in [0.2, 0.25) is 0 Å². The number of rotatable bonds is 8. The van der Waals surface area contributed by atoms with E-state index in [1.807, 2.05) is 24.3 Å². The van der Waals surface area contributed by atoms with Crippen molar-refractivity contribution in [2.45, 2.75) is 38.2 Å². The van der Waals surface area contributed by atoms with E-state index >= 15 is 0 Å². The smallest absolute Gasteiger partial charge is 0.303 e. The predicted octanol–water partition coefficient (Wildman–Crippen LogP) is 2.24. The van der Waals surface area contributed by atoms with Crippen LogP contribution in [-0.2, 0) is 11.2 Å². The quantitative estimate of drug-likeness (QED) is 0.744. The molecule has 0 bridgehead atoms. The van der Waals surface area contributed by atoms with E-state index in [0.717, 1.165) is 18.6 Å². The van der Waals surface area contributed by atoms with Gasteiger partial charge in [-0.15, -0.1) is 0 Å². The second kappa shape index (κ2) is 7.71. The molecule has 4 nitrogen and oxygen atoms in total. The van der Waals surface area contributed by atoms with Gasteiger partial charge in [-0.1, -0.05) is 12.1 Å². The molecule has 0 spiro atoms. The molecule has 1 aromatic rings. The van der Waals surface area contributed by atoms with E-state index in [1.54, 1.807) is 7.11 Å². The second-order valence-electron chi connectivity index (χ2n) is 4.33. The first-order valence-corrected chi connectivity index (χ1v) is 6.14. The van der Waals surface area contributed by atoms with E-state index in [2.05, 4.69) is 0 Å². The largest absolute Gasteiger partial charge is 0.497 e. The van der Waals surface area contributed by atoms with E-state index in [4.69, 9.17) is 9.84 Å². The first-order valence-electron chi connectivity index (χ1n) is 6.14. The number of hydrogen-bond acceptors (Lipinski definition) is 3. The molecule has 2 N–H and O–H groups in total. The molecule has 0 aliphatic carbocycles. The van der Waals surface area contributed by atoms with Crippen molar-refractivity contribution in [2.24, 2.45) is 0 Å². The molecule has 0 aliphatic rings. The number of benzene rings is 1. The molecule has 0 aromatic heterocycles. The minimum atomic E-state index is -0.857. The number of aliphatic hydroxyl groups is 1. The SMILES string of the molecule is COc1ccc(CCCC(O)CCC(=O)O)cc1. The van der Waals surface area contributed by atoms with Gasteiger partial charge in [0.1, 0.15) is 5.75 Å². The Bertz CT molecular complexity index is 359. The summed E-state index contributed by atoms with van der Waals surface area (Å²) in [6.07, 6.45) is 2.22. The highest BCUT2D eigenvalue weighted by molar-refractivity contribution is 5.66. The van der Waals surface area contributed by atoms with Crippen molar-refractivity contribution in [1.29, 1.82) is 0 Å². The van der Waals surface area contributed by atoms with Crippen LogP contribution in [-0.4, -0.2) is 29.4 Å². The van der Waals surface area contributed by atoms with Gasteiger partial charge in [-0.2, -0.15) is 0 Å². The summed E-state index contributed by atoms with van der Waals surface area (Å²) in [7, 11) is 1.63. The lowest BCUT2D eigenvalue weighted by atomic mass is 10.0. The average Bonchev–Trinajstić information content (AvgIpc) is 2.37. The van der Waals surface area contributed by atoms with E-state index in [9.17, 15) is 9.90 Å². The number of aliphatic hydroxyl groups excluding tert-OH is 1. The van der Waals surface area contributed by atoms with Crippen LogP contribution >= 0.6 is 0 Å². The number of aryl methyl sites for hydroxylation is 1. The van der Waals surface area contributed by atoms with Crippen LogP contribution < -0.4 is 4.74 Å². The van der Waals surface area contributed by atoms with E-state index < -0.39 is 12.1 Å². The van der Waals surface area contributed by atoms with Crippen LogP contribution in [0.2, 0.25) is 0 Å². The third-order valence-corrected chi connectivity index (χ3v) is 2.85. The number of ether oxygens (including phenoxy) is 1. The van der Waals surface area contributed by atoms with Gasteiger partial charge in [-0.25, -0.2) is 0 Å². The maximum atomic E-state index is 10.3. The van der Waals surface area contributed by atoms with Gasteiger partial charge in [-0.3, -0.25) is 4.79 Å². The number of carbonyl (C=O) groups is 1. The lowest BCUT2D eigenvalue weighted by molar-refractivity contribution is -0.137. The van der Waals surface area contributed by atoms with Crippen LogP contribution in [0.1, 0.15) is 31.2 Å². The fourth-order valence-corrected chi connectivity index (χ4v) is 1.77. The zero-order valence-corrected chi connectivity index (χ0v) is 10.6. The molecule has 0 saturated carbocycles. The Morgan fingerprint density at radius 2 is 1.94 bits per heavy atom. The van der Waals surface area contributed by atoms with E-state index in [0.29, 0.717) is 12.8 Å². The molecule has 0 fully saturated rings. The summed E-state index contributed by atoms with van der Waals surface area (Å²) in [4.78, 5) is 10.3. The lowest BCUT2D eigenvalue weighted by Gasteiger charge is -2.09. The Morgan fingerprint density at radius 3 is 2.50 bits per heavy atom. The van der Waals surface area contributed by atoms with Gasteiger partial charge in [0, 0.05) is 6.42 Å². The minimum Gasteiger partial charge on any atom is -0.497 e. The van der Waals surface area contributed by atoms with Crippen LogP contribution in [0, 0.1) is 0 Å². The number of carboxylic acid groups (broad SMARTS) is 1. The van der Waals surface area contributed by atoms with Gasteiger partial charge in [0.15, 0.2) is 0 Å². The highest BCUT2D eigenvalue weighted by atomic mass is 16.5. The highest BCUT2D eigenvalue weighted by Gasteiger charge is 2.07. The third-order valence-electron chi connectivity index (χ3n) is 2.85. The molecule has 0 heterocycles. The van der Waals surface area contributed by atoms with Crippen molar-refractivity contribution in [1.82, 2.24) is 0 Å². The molecule has 100 valence electrons. The van der Waals surface area contributed by atoms with Gasteiger partial charge in [0.25, 0.3) is 0 Å². The van der Waals surface area contributed by atoms with E-state index in [1.165, 1.54) is 5.56 Å². The van der Waals surface area contributed by atoms with Gasteiger partial charge >= 0.3 is 5.97 Å². The summed E-state index contributed by atoms with van der Waals surface area (Å²) in [6, 6.07) is 7.83. The third kappa shape index (κ3) is 5.68. The molecule has 1 rings (SSSR count). The van der Waals surface area contributed by atoms with Crippen LogP contribution in [0.15, 0.2) is 24.3 Å². The standard InChI is InChI=1S/C14H20O4/c1-18-13-8-5-11(6-9-13)3-2-4-12(15)7-10-14(16)17/h5-6,8-9,12,15H,2-4,7,10H2,1H3,(H,16,17). The molecule has 0 amide bonds. The topological polar surface area (TPSA) is 66.8 Å². The molecule has 1 unspecified atom stereocenters. The van der Waals surface area contributed by atoms with E-state index in [-0.39, 0.29) is 6.42 Å². The van der Waals surface area contributed by atoms with Crippen molar-refractivity contribution < 1.29 is 19.7 Å². The summed E-state index contributed by atoms with van der Waals surface area (Å²) in [5, 5.41) is 18.1. The van der Waals surface area contributed by atoms with Crippen molar-refractivity contribution >= 4 is 5.97 Å². The Kier molecular flexibility index (Phi) is 6.22. The van der Waals surface area contributed by atoms with Crippen molar-refractivity contribution in [3.8, 4) is 5.75 Å². The lowest BCUT2D eigenvalue weighted by Crippen LogP contribution is -2.09. The molecule has 0 aliphatic heterocycles. The molecule has 0 saturated heterocycles. The van der Waals surface area contributed by atoms with Crippen LogP contribution in [0.5, 0.6) is 5.75 Å². The zero-order chi connectivity index (χ0) is 13.4. The average molecular weight is 252 g/mol. The van der Waals surface area contributed by atoms with Gasteiger partial charge in [0.05, 0.1) is 13.2 Å². The van der Waals surface area contributed by atoms with Crippen LogP contribution in [0.25, 0.3) is 0 Å². The van der Waals surface area contributed by atoms with Crippen LogP contribution in [0.3, 0.4) is 0 Å². The molecular weight excluding hydrogens is 232 g/mol. The first kappa shape index (κ1) is 14.5. The monoisotopic (exact) mass is 252 g/mol. The fraction of sp³-hybridized carbons (Fsp3) is 0.500. The minimum absolute atomic E-state index is 0.0315. The molecule has 0 radical (unpaired) electrons. The number of hydrogen-bond donors (Lipinski definition) is 2. The first-order chi connectivity index (χ1) is 8.61. The summed E-state index contributed by atoms with van der Waals surface area (Å²) >= 11 is 0. The second-order valence-corrected chi connectivity index (χ2v) is 4.33. The summed E-state index contributed by atoms with van der Waals surface area (Å²) < 4.78 is 5.07. The Labute approximate surface area is 107 Å². The van der Waals surface area contributed by atoms with Gasteiger partial charge in [-0.05, 0) is 43.4 Å². The normalized spacial score (nSPS) is 12.1. The molecule has 1 aromatic carbocycles. The van der Waals surface area contributed by atoms with Crippen molar-refractivity contribution in [3.05, 3.63) is 29.8 Å². The summed E-state index contributed by atoms with van der Waals surface area (Å²) in [5.74, 6) is -0.0237. The van der Waals surface area contributed by atoms with Crippen molar-refractivity contribution in [3.63, 3.8) is 0 Å². The zero-order valence-electron chi connectivity index (χ0n) is 10.6. The summed E-state index contributed by atoms with van der Waals surface area (Å²) in [5.41, 5.74) is 1.20.